The third-order valence-electron chi connectivity index (χ3n) is 4.70. The monoisotopic (exact) mass is 273 g/mol. The highest BCUT2D eigenvalue weighted by Crippen LogP contribution is 2.29. The summed E-state index contributed by atoms with van der Waals surface area (Å²) in [4.78, 5) is 0. The number of rotatable bonds is 6. The highest BCUT2D eigenvalue weighted by molar-refractivity contribution is 5.36. The molecular weight excluding hydrogens is 242 g/mol. The van der Waals surface area contributed by atoms with Crippen LogP contribution in [0.25, 0.3) is 0 Å². The molecule has 1 atom stereocenters. The summed E-state index contributed by atoms with van der Waals surface area (Å²) in [6.45, 7) is 17.5. The van der Waals surface area contributed by atoms with Crippen molar-refractivity contribution in [3.05, 3.63) is 46.2 Å². The van der Waals surface area contributed by atoms with Crippen molar-refractivity contribution >= 4 is 0 Å². The van der Waals surface area contributed by atoms with Crippen molar-refractivity contribution in [2.75, 3.05) is 0 Å². The molecule has 0 aromatic heterocycles. The third kappa shape index (κ3) is 4.13. The van der Waals surface area contributed by atoms with E-state index in [-0.39, 0.29) is 0 Å². The average Bonchev–Trinajstić information content (AvgIpc) is 2.78. The molecule has 0 heterocycles. The van der Waals surface area contributed by atoms with Crippen molar-refractivity contribution in [2.45, 2.75) is 73.3 Å². The molecule has 0 bridgehead atoms. The summed E-state index contributed by atoms with van der Waals surface area (Å²) in [5.74, 6) is 0. The lowest BCUT2D eigenvalue weighted by atomic mass is 10.0. The molecule has 0 unspecified atom stereocenters. The molecule has 0 saturated heterocycles. The number of hydrogen-bond donors (Lipinski definition) is 1. The van der Waals surface area contributed by atoms with E-state index in [0.29, 0.717) is 6.04 Å². The predicted octanol–water partition coefficient (Wildman–Crippen LogP) is 5.67. The van der Waals surface area contributed by atoms with Crippen molar-refractivity contribution in [1.82, 2.24) is 5.32 Å². The Hall–Kier alpha value is -1.24. The molecular formula is C19H31N. The van der Waals surface area contributed by atoms with Gasteiger partial charge in [-0.2, -0.15) is 0 Å². The summed E-state index contributed by atoms with van der Waals surface area (Å²) >= 11 is 0. The molecule has 20 heavy (non-hydrogen) atoms. The summed E-state index contributed by atoms with van der Waals surface area (Å²) < 4.78 is 0. The Labute approximate surface area is 125 Å². The SMILES string of the molecule is C=C(N[C@@H]1CCC(CC)=C1C)/C(C)=C/C(C)=C(\C)CC. The number of nitrogens with one attached hydrogen (secondary N) is 1. The van der Waals surface area contributed by atoms with E-state index < -0.39 is 0 Å². The van der Waals surface area contributed by atoms with Crippen LogP contribution in [-0.4, -0.2) is 6.04 Å². The van der Waals surface area contributed by atoms with E-state index in [2.05, 4.69) is 59.5 Å². The quantitative estimate of drug-likeness (QED) is 0.485. The van der Waals surface area contributed by atoms with Crippen LogP contribution in [0.4, 0.5) is 0 Å². The molecule has 0 amide bonds. The maximum absolute atomic E-state index is 4.22. The first-order valence-corrected chi connectivity index (χ1v) is 7.89. The van der Waals surface area contributed by atoms with Gasteiger partial charge in [-0.1, -0.05) is 48.8 Å². The van der Waals surface area contributed by atoms with Crippen LogP contribution >= 0.6 is 0 Å². The predicted molar refractivity (Wildman–Crippen MR) is 90.7 cm³/mol. The zero-order valence-electron chi connectivity index (χ0n) is 14.2. The molecule has 0 fully saturated rings. The van der Waals surface area contributed by atoms with Crippen molar-refractivity contribution < 1.29 is 0 Å². The molecule has 0 aromatic rings. The Morgan fingerprint density at radius 1 is 1.30 bits per heavy atom. The van der Waals surface area contributed by atoms with Crippen LogP contribution in [0, 0.1) is 0 Å². The smallest absolute Gasteiger partial charge is 0.0476 e. The van der Waals surface area contributed by atoms with Gasteiger partial charge in [0.2, 0.25) is 0 Å². The van der Waals surface area contributed by atoms with Gasteiger partial charge in [-0.25, -0.2) is 0 Å². The molecule has 1 aliphatic carbocycles. The molecule has 112 valence electrons. The Kier molecular flexibility index (Phi) is 6.32. The van der Waals surface area contributed by atoms with Crippen LogP contribution in [0.2, 0.25) is 0 Å². The molecule has 1 heteroatoms. The van der Waals surface area contributed by atoms with Crippen LogP contribution < -0.4 is 5.32 Å². The van der Waals surface area contributed by atoms with E-state index in [1.165, 1.54) is 41.6 Å². The van der Waals surface area contributed by atoms with Gasteiger partial charge in [-0.05, 0) is 59.0 Å². The molecule has 0 radical (unpaired) electrons. The minimum absolute atomic E-state index is 0.484. The zero-order chi connectivity index (χ0) is 15.3. The molecule has 0 aromatic carbocycles. The van der Waals surface area contributed by atoms with Gasteiger partial charge >= 0.3 is 0 Å². The number of hydrogen-bond acceptors (Lipinski definition) is 1. The van der Waals surface area contributed by atoms with Crippen molar-refractivity contribution in [2.24, 2.45) is 0 Å². The van der Waals surface area contributed by atoms with Crippen LogP contribution in [0.1, 0.15) is 67.2 Å². The van der Waals surface area contributed by atoms with E-state index >= 15 is 0 Å². The van der Waals surface area contributed by atoms with Gasteiger partial charge in [0.1, 0.15) is 0 Å². The van der Waals surface area contributed by atoms with Crippen LogP contribution in [0.3, 0.4) is 0 Å². The highest BCUT2D eigenvalue weighted by Gasteiger charge is 2.21. The van der Waals surface area contributed by atoms with Crippen LogP contribution in [-0.2, 0) is 0 Å². The Balaban J connectivity index is 2.73. The maximum Gasteiger partial charge on any atom is 0.0476 e. The Bertz CT molecular complexity index is 460. The Morgan fingerprint density at radius 3 is 2.45 bits per heavy atom. The van der Waals surface area contributed by atoms with Gasteiger partial charge in [-0.15, -0.1) is 0 Å². The summed E-state index contributed by atoms with van der Waals surface area (Å²) in [7, 11) is 0. The highest BCUT2D eigenvalue weighted by atomic mass is 14.9. The fraction of sp³-hybridized carbons (Fsp3) is 0.579. The first-order chi connectivity index (χ1) is 9.40. The lowest BCUT2D eigenvalue weighted by Crippen LogP contribution is -2.27. The summed E-state index contributed by atoms with van der Waals surface area (Å²) in [5, 5.41) is 3.61. The van der Waals surface area contributed by atoms with Crippen molar-refractivity contribution in [3.8, 4) is 0 Å². The number of allylic oxidation sites excluding steroid dienone is 5. The molecule has 0 spiro atoms. The van der Waals surface area contributed by atoms with Gasteiger partial charge in [0, 0.05) is 11.7 Å². The van der Waals surface area contributed by atoms with Gasteiger partial charge in [0.15, 0.2) is 0 Å². The lowest BCUT2D eigenvalue weighted by Gasteiger charge is -2.19. The second-order valence-corrected chi connectivity index (χ2v) is 6.00. The summed E-state index contributed by atoms with van der Waals surface area (Å²) in [6, 6.07) is 0.484. The topological polar surface area (TPSA) is 12.0 Å². The van der Waals surface area contributed by atoms with Gasteiger partial charge in [0.25, 0.3) is 0 Å². The fourth-order valence-electron chi connectivity index (χ4n) is 2.75. The van der Waals surface area contributed by atoms with E-state index in [4.69, 9.17) is 0 Å². The molecule has 0 aliphatic heterocycles. The van der Waals surface area contributed by atoms with Crippen molar-refractivity contribution in [3.63, 3.8) is 0 Å². The minimum atomic E-state index is 0.484. The summed E-state index contributed by atoms with van der Waals surface area (Å²) in [6.07, 6.45) is 7.00. The fourth-order valence-corrected chi connectivity index (χ4v) is 2.75. The first kappa shape index (κ1) is 16.8. The van der Waals surface area contributed by atoms with Crippen LogP contribution in [0.15, 0.2) is 46.2 Å². The third-order valence-corrected chi connectivity index (χ3v) is 4.70. The normalized spacial score (nSPS) is 21.1. The second kappa shape index (κ2) is 7.52. The maximum atomic E-state index is 4.22. The van der Waals surface area contributed by atoms with E-state index in [9.17, 15) is 0 Å². The summed E-state index contributed by atoms with van der Waals surface area (Å²) in [5.41, 5.74) is 8.26. The van der Waals surface area contributed by atoms with E-state index in [1.807, 2.05) is 0 Å². The zero-order valence-corrected chi connectivity index (χ0v) is 14.2. The molecule has 0 saturated carbocycles. The van der Waals surface area contributed by atoms with Crippen molar-refractivity contribution in [1.29, 1.82) is 0 Å². The largest absolute Gasteiger partial charge is 0.379 e. The van der Waals surface area contributed by atoms with Gasteiger partial charge in [-0.3, -0.25) is 0 Å². The van der Waals surface area contributed by atoms with E-state index in [0.717, 1.165) is 12.1 Å². The Morgan fingerprint density at radius 2 is 1.95 bits per heavy atom. The second-order valence-electron chi connectivity index (χ2n) is 6.00. The van der Waals surface area contributed by atoms with E-state index in [1.54, 1.807) is 5.57 Å². The average molecular weight is 273 g/mol. The molecule has 1 N–H and O–H groups in total. The first-order valence-electron chi connectivity index (χ1n) is 7.89. The lowest BCUT2D eigenvalue weighted by molar-refractivity contribution is 0.634. The molecule has 1 aliphatic rings. The van der Waals surface area contributed by atoms with Crippen LogP contribution in [0.5, 0.6) is 0 Å². The minimum Gasteiger partial charge on any atom is -0.379 e. The molecule has 1 nitrogen and oxygen atoms in total. The standard InChI is InChI=1S/C19H31N/c1-8-13(3)14(4)12-15(5)17(7)20-19-11-10-18(9-2)16(19)6/h12,19-20H,7-11H2,1-6H3/b14-13+,15-12+/t19-/m1/s1. The molecule has 1 rings (SSSR count). The van der Waals surface area contributed by atoms with Gasteiger partial charge in [0.05, 0.1) is 0 Å². The van der Waals surface area contributed by atoms with Gasteiger partial charge < -0.3 is 5.32 Å².